The van der Waals surface area contributed by atoms with E-state index in [2.05, 4.69) is 17.3 Å². The van der Waals surface area contributed by atoms with E-state index < -0.39 is 0 Å². The maximum absolute atomic E-state index is 12.6. The molecule has 0 N–H and O–H groups in total. The first kappa shape index (κ1) is 17.5. The molecule has 3 aromatic rings. The van der Waals surface area contributed by atoms with Gasteiger partial charge >= 0.3 is 0 Å². The Kier molecular flexibility index (Phi) is 5.34. The number of amides is 1. The van der Waals surface area contributed by atoms with Gasteiger partial charge in [-0.1, -0.05) is 35.5 Å². The summed E-state index contributed by atoms with van der Waals surface area (Å²) in [5.41, 5.74) is 1.50. The fraction of sp³-hybridized carbons (Fsp3) is 0.333. The minimum atomic E-state index is -0.0970. The molecule has 0 aliphatic carbocycles. The number of rotatable bonds is 6. The van der Waals surface area contributed by atoms with Crippen molar-refractivity contribution in [1.82, 2.24) is 10.1 Å². The third-order valence-electron chi connectivity index (χ3n) is 4.86. The number of benzene rings is 1. The zero-order chi connectivity index (χ0) is 18.5. The van der Waals surface area contributed by atoms with Gasteiger partial charge in [-0.2, -0.15) is 0 Å². The Bertz CT molecular complexity index is 849. The second-order valence-corrected chi connectivity index (χ2v) is 6.79. The molecule has 27 heavy (non-hydrogen) atoms. The summed E-state index contributed by atoms with van der Waals surface area (Å²) in [6.45, 7) is 2.78. The standard InChI is InChI=1S/C21H22N2O4/c24-21(18-13-20(27-22-18)19-7-4-12-26-19)23-10-8-17(9-11-23)15-25-14-16-5-2-1-3-6-16/h1-7,12-13,17H,8-11,14-15H2. The highest BCUT2D eigenvalue weighted by Crippen LogP contribution is 2.23. The molecule has 6 heteroatoms. The molecule has 1 amide bonds. The molecular weight excluding hydrogens is 344 g/mol. The first-order chi connectivity index (χ1) is 13.3. The van der Waals surface area contributed by atoms with Gasteiger partial charge in [-0.05, 0) is 36.5 Å². The number of piperidine rings is 1. The van der Waals surface area contributed by atoms with Crippen LogP contribution in [-0.4, -0.2) is 35.7 Å². The van der Waals surface area contributed by atoms with E-state index in [1.807, 2.05) is 23.1 Å². The van der Waals surface area contributed by atoms with Gasteiger partial charge in [0.1, 0.15) is 0 Å². The molecule has 6 nitrogen and oxygen atoms in total. The summed E-state index contributed by atoms with van der Waals surface area (Å²) in [6, 6.07) is 15.3. The molecule has 0 bridgehead atoms. The number of furan rings is 1. The Morgan fingerprint density at radius 2 is 1.93 bits per heavy atom. The topological polar surface area (TPSA) is 68.7 Å². The van der Waals surface area contributed by atoms with Crippen molar-refractivity contribution >= 4 is 5.91 Å². The highest BCUT2D eigenvalue weighted by atomic mass is 16.5. The van der Waals surface area contributed by atoms with Crippen LogP contribution in [0.3, 0.4) is 0 Å². The van der Waals surface area contributed by atoms with Gasteiger partial charge in [-0.15, -0.1) is 0 Å². The van der Waals surface area contributed by atoms with Crippen molar-refractivity contribution in [3.8, 4) is 11.5 Å². The van der Waals surface area contributed by atoms with Crippen molar-refractivity contribution < 1.29 is 18.5 Å². The third-order valence-corrected chi connectivity index (χ3v) is 4.86. The Balaban J connectivity index is 1.24. The van der Waals surface area contributed by atoms with Gasteiger partial charge in [0.2, 0.25) is 5.76 Å². The van der Waals surface area contributed by atoms with Crippen LogP contribution in [0.4, 0.5) is 0 Å². The van der Waals surface area contributed by atoms with Crippen molar-refractivity contribution in [2.75, 3.05) is 19.7 Å². The zero-order valence-electron chi connectivity index (χ0n) is 15.0. The molecule has 0 unspecified atom stereocenters. The second kappa shape index (κ2) is 8.22. The van der Waals surface area contributed by atoms with Gasteiger partial charge in [-0.3, -0.25) is 4.79 Å². The maximum atomic E-state index is 12.6. The van der Waals surface area contributed by atoms with E-state index in [0.29, 0.717) is 42.8 Å². The van der Waals surface area contributed by atoms with Crippen LogP contribution < -0.4 is 0 Å². The third kappa shape index (κ3) is 4.28. The second-order valence-electron chi connectivity index (χ2n) is 6.79. The molecule has 1 saturated heterocycles. The molecule has 1 aromatic carbocycles. The van der Waals surface area contributed by atoms with Crippen LogP contribution in [-0.2, 0) is 11.3 Å². The minimum absolute atomic E-state index is 0.0970. The van der Waals surface area contributed by atoms with Crippen molar-refractivity contribution in [2.24, 2.45) is 5.92 Å². The number of hydrogen-bond donors (Lipinski definition) is 0. The molecule has 3 heterocycles. The average molecular weight is 366 g/mol. The summed E-state index contributed by atoms with van der Waals surface area (Å²) in [5, 5.41) is 3.90. The lowest BCUT2D eigenvalue weighted by atomic mass is 9.97. The van der Waals surface area contributed by atoms with Gasteiger partial charge in [0, 0.05) is 25.8 Å². The monoisotopic (exact) mass is 366 g/mol. The van der Waals surface area contributed by atoms with Crippen LogP contribution >= 0.6 is 0 Å². The fourth-order valence-corrected chi connectivity index (χ4v) is 3.29. The van der Waals surface area contributed by atoms with E-state index in [-0.39, 0.29) is 5.91 Å². The summed E-state index contributed by atoms with van der Waals surface area (Å²) in [7, 11) is 0. The van der Waals surface area contributed by atoms with Crippen LogP contribution in [0.2, 0.25) is 0 Å². The van der Waals surface area contributed by atoms with E-state index in [9.17, 15) is 4.79 Å². The summed E-state index contributed by atoms with van der Waals surface area (Å²) < 4.78 is 16.3. The van der Waals surface area contributed by atoms with Crippen molar-refractivity contribution in [1.29, 1.82) is 0 Å². The van der Waals surface area contributed by atoms with Crippen LogP contribution in [0.1, 0.15) is 28.9 Å². The van der Waals surface area contributed by atoms with Gasteiger partial charge in [-0.25, -0.2) is 0 Å². The molecule has 0 saturated carbocycles. The van der Waals surface area contributed by atoms with Gasteiger partial charge in [0.25, 0.3) is 5.91 Å². The smallest absolute Gasteiger partial charge is 0.276 e. The van der Waals surface area contributed by atoms with Gasteiger partial charge < -0.3 is 18.6 Å². The Morgan fingerprint density at radius 1 is 1.11 bits per heavy atom. The van der Waals surface area contributed by atoms with Crippen LogP contribution in [0, 0.1) is 5.92 Å². The quantitative estimate of drug-likeness (QED) is 0.659. The molecular formula is C21H22N2O4. The Morgan fingerprint density at radius 3 is 2.67 bits per heavy atom. The highest BCUT2D eigenvalue weighted by molar-refractivity contribution is 5.93. The predicted octanol–water partition coefficient (Wildman–Crippen LogP) is 4.00. The number of likely N-dealkylation sites (tertiary alicyclic amines) is 1. The fourth-order valence-electron chi connectivity index (χ4n) is 3.29. The Hall–Kier alpha value is -2.86. The molecule has 4 rings (SSSR count). The average Bonchev–Trinajstić information content (AvgIpc) is 3.41. The number of hydrogen-bond acceptors (Lipinski definition) is 5. The predicted molar refractivity (Wildman–Crippen MR) is 98.9 cm³/mol. The van der Waals surface area contributed by atoms with Gasteiger partial charge in [0.05, 0.1) is 12.9 Å². The highest BCUT2D eigenvalue weighted by Gasteiger charge is 2.26. The lowest BCUT2D eigenvalue weighted by molar-refractivity contribution is 0.0473. The van der Waals surface area contributed by atoms with Crippen LogP contribution in [0.25, 0.3) is 11.5 Å². The first-order valence-electron chi connectivity index (χ1n) is 9.21. The van der Waals surface area contributed by atoms with Gasteiger partial charge in [0.15, 0.2) is 11.5 Å². The number of nitrogens with zero attached hydrogens (tertiary/aromatic N) is 2. The number of carbonyl (C=O) groups excluding carboxylic acids is 1. The molecule has 1 fully saturated rings. The van der Waals surface area contributed by atoms with E-state index in [1.54, 1.807) is 24.5 Å². The van der Waals surface area contributed by atoms with Crippen LogP contribution in [0.5, 0.6) is 0 Å². The van der Waals surface area contributed by atoms with Crippen LogP contribution in [0.15, 0.2) is 63.7 Å². The largest absolute Gasteiger partial charge is 0.461 e. The minimum Gasteiger partial charge on any atom is -0.461 e. The van der Waals surface area contributed by atoms with E-state index in [4.69, 9.17) is 13.7 Å². The number of aromatic nitrogens is 1. The molecule has 140 valence electrons. The lowest BCUT2D eigenvalue weighted by Crippen LogP contribution is -2.39. The molecule has 2 aromatic heterocycles. The van der Waals surface area contributed by atoms with Crippen molar-refractivity contribution in [2.45, 2.75) is 19.4 Å². The van der Waals surface area contributed by atoms with Crippen molar-refractivity contribution in [3.05, 3.63) is 66.1 Å². The van der Waals surface area contributed by atoms with Crippen molar-refractivity contribution in [3.63, 3.8) is 0 Å². The molecule has 0 spiro atoms. The molecule has 1 aliphatic rings. The maximum Gasteiger partial charge on any atom is 0.276 e. The van der Waals surface area contributed by atoms with E-state index in [1.165, 1.54) is 5.56 Å². The summed E-state index contributed by atoms with van der Waals surface area (Å²) in [6.07, 6.45) is 3.43. The number of carbonyl (C=O) groups is 1. The summed E-state index contributed by atoms with van der Waals surface area (Å²) >= 11 is 0. The summed E-state index contributed by atoms with van der Waals surface area (Å²) in [5.74, 6) is 1.41. The first-order valence-corrected chi connectivity index (χ1v) is 9.21. The molecule has 0 atom stereocenters. The van der Waals surface area contributed by atoms with E-state index in [0.717, 1.165) is 19.4 Å². The Labute approximate surface area is 157 Å². The lowest BCUT2D eigenvalue weighted by Gasteiger charge is -2.31. The number of ether oxygens (including phenoxy) is 1. The molecule has 1 aliphatic heterocycles. The molecule has 0 radical (unpaired) electrons. The normalized spacial score (nSPS) is 15.2. The van der Waals surface area contributed by atoms with E-state index >= 15 is 0 Å². The summed E-state index contributed by atoms with van der Waals surface area (Å²) in [4.78, 5) is 14.5. The zero-order valence-corrected chi connectivity index (χ0v) is 15.0. The SMILES string of the molecule is O=C(c1cc(-c2ccco2)on1)N1CCC(COCc2ccccc2)CC1.